The van der Waals surface area contributed by atoms with Gasteiger partial charge in [-0.25, -0.2) is 9.37 Å². The maximum atomic E-state index is 13.2. The quantitative estimate of drug-likeness (QED) is 0.841. The van der Waals surface area contributed by atoms with Crippen LogP contribution in [0.2, 0.25) is 0 Å². The van der Waals surface area contributed by atoms with E-state index in [4.69, 9.17) is 0 Å². The van der Waals surface area contributed by atoms with Crippen LogP contribution in [0.15, 0.2) is 48.8 Å². The average Bonchev–Trinajstić information content (AvgIpc) is 2.97. The molecule has 1 fully saturated rings. The summed E-state index contributed by atoms with van der Waals surface area (Å²) in [5.74, 6) is -0.249. The molecule has 2 atom stereocenters. The lowest BCUT2D eigenvalue weighted by molar-refractivity contribution is -0.0459. The van der Waals surface area contributed by atoms with Crippen molar-refractivity contribution >= 4 is 6.08 Å². The molecule has 2 unspecified atom stereocenters. The molecule has 0 amide bonds. The highest BCUT2D eigenvalue weighted by Crippen LogP contribution is 2.52. The SMILES string of the molecule is C=CC1(O)CCCC2=Cc3c(-c4ccc(F)cc4)ncn3CC21C. The van der Waals surface area contributed by atoms with Gasteiger partial charge in [0.2, 0.25) is 0 Å². The Kier molecular flexibility index (Phi) is 3.29. The smallest absolute Gasteiger partial charge is 0.123 e. The van der Waals surface area contributed by atoms with E-state index in [0.29, 0.717) is 6.54 Å². The molecule has 124 valence electrons. The van der Waals surface area contributed by atoms with Crippen LogP contribution in [0.5, 0.6) is 0 Å². The first-order valence-electron chi connectivity index (χ1n) is 8.35. The van der Waals surface area contributed by atoms with E-state index in [-0.39, 0.29) is 11.2 Å². The molecule has 1 N–H and O–H groups in total. The number of imidazole rings is 1. The summed E-state index contributed by atoms with van der Waals surface area (Å²) in [5, 5.41) is 11.1. The van der Waals surface area contributed by atoms with Crippen LogP contribution in [0, 0.1) is 11.2 Å². The van der Waals surface area contributed by atoms with E-state index in [9.17, 15) is 9.50 Å². The van der Waals surface area contributed by atoms with Gasteiger partial charge in [-0.2, -0.15) is 0 Å². The Morgan fingerprint density at radius 3 is 2.79 bits per heavy atom. The standard InChI is InChI=1S/C20H21FN2O/c1-3-20(24)10-4-5-15-11-17-18(14-6-8-16(21)9-7-14)22-13-23(17)12-19(15,20)2/h3,6-9,11,13,24H,1,4-5,10,12H2,2H3. The first-order valence-corrected chi connectivity index (χ1v) is 8.35. The monoisotopic (exact) mass is 324 g/mol. The lowest BCUT2D eigenvalue weighted by atomic mass is 9.60. The van der Waals surface area contributed by atoms with E-state index in [1.807, 2.05) is 6.33 Å². The van der Waals surface area contributed by atoms with Crippen molar-refractivity contribution in [1.82, 2.24) is 9.55 Å². The Morgan fingerprint density at radius 1 is 1.33 bits per heavy atom. The summed E-state index contributed by atoms with van der Waals surface area (Å²) < 4.78 is 15.3. The summed E-state index contributed by atoms with van der Waals surface area (Å²) >= 11 is 0. The van der Waals surface area contributed by atoms with Crippen LogP contribution in [0.3, 0.4) is 0 Å². The zero-order valence-corrected chi connectivity index (χ0v) is 13.8. The van der Waals surface area contributed by atoms with E-state index in [0.717, 1.165) is 36.2 Å². The van der Waals surface area contributed by atoms with Crippen LogP contribution in [-0.4, -0.2) is 20.3 Å². The van der Waals surface area contributed by atoms with Gasteiger partial charge in [0, 0.05) is 17.5 Å². The van der Waals surface area contributed by atoms with Crippen LogP contribution < -0.4 is 0 Å². The van der Waals surface area contributed by atoms with Gasteiger partial charge in [0.05, 0.1) is 23.3 Å². The van der Waals surface area contributed by atoms with Gasteiger partial charge in [-0.3, -0.25) is 0 Å². The molecule has 2 aliphatic rings. The average molecular weight is 324 g/mol. The van der Waals surface area contributed by atoms with Gasteiger partial charge >= 0.3 is 0 Å². The maximum absolute atomic E-state index is 13.2. The van der Waals surface area contributed by atoms with Gasteiger partial charge in [0.1, 0.15) is 5.82 Å². The molecule has 0 saturated heterocycles. The second-order valence-corrected chi connectivity index (χ2v) is 7.10. The molecule has 1 saturated carbocycles. The van der Waals surface area contributed by atoms with E-state index in [1.165, 1.54) is 17.7 Å². The summed E-state index contributed by atoms with van der Waals surface area (Å²) in [5.41, 5.74) is 2.78. The van der Waals surface area contributed by atoms with Crippen LogP contribution >= 0.6 is 0 Å². The highest BCUT2D eigenvalue weighted by molar-refractivity contribution is 5.72. The molecule has 2 heterocycles. The van der Waals surface area contributed by atoms with E-state index >= 15 is 0 Å². The van der Waals surface area contributed by atoms with Crippen molar-refractivity contribution < 1.29 is 9.50 Å². The molecule has 1 aromatic heterocycles. The number of aliphatic hydroxyl groups is 1. The third-order valence-electron chi connectivity index (χ3n) is 5.80. The van der Waals surface area contributed by atoms with Crippen molar-refractivity contribution in [3.05, 3.63) is 60.3 Å². The molecule has 1 aliphatic carbocycles. The first-order chi connectivity index (χ1) is 11.5. The fourth-order valence-corrected chi connectivity index (χ4v) is 4.18. The molecule has 1 aliphatic heterocycles. The number of rotatable bonds is 2. The number of nitrogens with zero attached hydrogens (tertiary/aromatic N) is 2. The minimum absolute atomic E-state index is 0.249. The van der Waals surface area contributed by atoms with E-state index in [1.54, 1.807) is 18.2 Å². The first kappa shape index (κ1) is 15.3. The number of hydrogen-bond acceptors (Lipinski definition) is 2. The molecular formula is C20H21FN2O. The number of halogens is 1. The Morgan fingerprint density at radius 2 is 2.08 bits per heavy atom. The van der Waals surface area contributed by atoms with Crippen LogP contribution in [-0.2, 0) is 6.54 Å². The lowest BCUT2D eigenvalue weighted by Gasteiger charge is -2.50. The molecule has 24 heavy (non-hydrogen) atoms. The summed E-state index contributed by atoms with van der Waals surface area (Å²) in [6.45, 7) is 6.65. The van der Waals surface area contributed by atoms with Crippen molar-refractivity contribution in [3.8, 4) is 11.3 Å². The van der Waals surface area contributed by atoms with Gasteiger partial charge in [-0.1, -0.05) is 18.6 Å². The highest BCUT2D eigenvalue weighted by Gasteiger charge is 2.51. The molecule has 0 bridgehead atoms. The zero-order valence-electron chi connectivity index (χ0n) is 13.8. The summed E-state index contributed by atoms with van der Waals surface area (Å²) in [4.78, 5) is 4.55. The van der Waals surface area contributed by atoms with E-state index in [2.05, 4.69) is 29.1 Å². The predicted molar refractivity (Wildman–Crippen MR) is 92.7 cm³/mol. The molecular weight excluding hydrogens is 303 g/mol. The highest BCUT2D eigenvalue weighted by atomic mass is 19.1. The maximum Gasteiger partial charge on any atom is 0.123 e. The lowest BCUT2D eigenvalue weighted by Crippen LogP contribution is -2.52. The van der Waals surface area contributed by atoms with Crippen molar-refractivity contribution in [2.45, 2.75) is 38.3 Å². The van der Waals surface area contributed by atoms with Gasteiger partial charge in [0.15, 0.2) is 0 Å². The number of benzene rings is 1. The third kappa shape index (κ3) is 2.02. The van der Waals surface area contributed by atoms with Crippen LogP contribution in [0.4, 0.5) is 4.39 Å². The number of aromatic nitrogens is 2. The third-order valence-corrected chi connectivity index (χ3v) is 5.80. The second kappa shape index (κ2) is 5.15. The van der Waals surface area contributed by atoms with E-state index < -0.39 is 5.60 Å². The number of hydrogen-bond donors (Lipinski definition) is 1. The Labute approximate surface area is 141 Å². The summed E-state index contributed by atoms with van der Waals surface area (Å²) in [7, 11) is 0. The molecule has 4 heteroatoms. The fraction of sp³-hybridized carbons (Fsp3) is 0.350. The van der Waals surface area contributed by atoms with Crippen molar-refractivity contribution in [2.24, 2.45) is 5.41 Å². The topological polar surface area (TPSA) is 38.1 Å². The Balaban J connectivity index is 1.82. The van der Waals surface area contributed by atoms with Crippen molar-refractivity contribution in [1.29, 1.82) is 0 Å². The molecule has 1 aromatic carbocycles. The Bertz CT molecular complexity index is 836. The van der Waals surface area contributed by atoms with Crippen LogP contribution in [0.25, 0.3) is 17.3 Å². The minimum atomic E-state index is -0.894. The zero-order chi connectivity index (χ0) is 16.9. The fourth-order valence-electron chi connectivity index (χ4n) is 4.18. The van der Waals surface area contributed by atoms with Gasteiger partial charge in [0.25, 0.3) is 0 Å². The minimum Gasteiger partial charge on any atom is -0.385 e. The largest absolute Gasteiger partial charge is 0.385 e. The van der Waals surface area contributed by atoms with Crippen molar-refractivity contribution in [3.63, 3.8) is 0 Å². The normalized spacial score (nSPS) is 28.7. The molecule has 3 nitrogen and oxygen atoms in total. The number of fused-ring (bicyclic) bond motifs is 2. The Hall–Kier alpha value is -2.20. The predicted octanol–water partition coefficient (Wildman–Crippen LogP) is 4.19. The molecule has 4 rings (SSSR count). The summed E-state index contributed by atoms with van der Waals surface area (Å²) in [6.07, 6.45) is 8.32. The molecule has 0 radical (unpaired) electrons. The summed E-state index contributed by atoms with van der Waals surface area (Å²) in [6, 6.07) is 6.42. The van der Waals surface area contributed by atoms with Gasteiger partial charge in [-0.05, 0) is 49.6 Å². The molecule has 2 aromatic rings. The van der Waals surface area contributed by atoms with Crippen molar-refractivity contribution in [2.75, 3.05) is 0 Å². The molecule has 0 spiro atoms. The van der Waals surface area contributed by atoms with Crippen LogP contribution in [0.1, 0.15) is 31.9 Å². The van der Waals surface area contributed by atoms with Gasteiger partial charge < -0.3 is 9.67 Å². The second-order valence-electron chi connectivity index (χ2n) is 7.10. The van der Waals surface area contributed by atoms with Gasteiger partial charge in [-0.15, -0.1) is 6.58 Å².